The SMILES string of the molecule is CC(C)P(=O)(N[C@@H](C)C(=O)OCC(C)(C)C)Oc1cccc2ccccc12.C[C@H](NP(=O)(Cl)Oc1cccc2ccccc12)C(=O)OCC(C)(C)C.C[C@H](NP(=O)(OC[C@H]1O[C@@H](n2ccc(=O)[nH]c2=O)[C@@](O)(C#CCl)[C@@H]1O)Oc1cccc2ccccc12)C(=O)OCC(C)(C)C.O=c1ccn([C@@H]2O[C@H](CO)[C@@H](O)[C@]2(O)C#CCl)c(=O)[nH]1. The highest BCUT2D eigenvalue weighted by molar-refractivity contribution is 7.84. The van der Waals surface area contributed by atoms with E-state index in [4.69, 9.17) is 81.3 Å². The van der Waals surface area contributed by atoms with Gasteiger partial charge in [0.15, 0.2) is 12.5 Å². The molecule has 0 spiro atoms. The largest absolute Gasteiger partial charge is 0.464 e. The average molecular weight is 1730 g/mol. The van der Waals surface area contributed by atoms with Crippen LogP contribution in [0.3, 0.4) is 0 Å². The van der Waals surface area contributed by atoms with E-state index in [-0.39, 0.29) is 40.9 Å². The Morgan fingerprint density at radius 1 is 0.517 bits per heavy atom. The van der Waals surface area contributed by atoms with Crippen molar-refractivity contribution in [3.8, 4) is 39.8 Å². The van der Waals surface area contributed by atoms with Crippen molar-refractivity contribution in [2.24, 2.45) is 16.2 Å². The smallest absolute Gasteiger partial charge is 0.459 e. The first kappa shape index (κ1) is 94.7. The summed E-state index contributed by atoms with van der Waals surface area (Å²) in [6.07, 6.45) is -6.98. The van der Waals surface area contributed by atoms with Crippen molar-refractivity contribution >= 4 is 107 Å². The minimum Gasteiger partial charge on any atom is -0.464 e. The third-order valence-electron chi connectivity index (χ3n) is 16.9. The first-order valence-electron chi connectivity index (χ1n) is 36.3. The number of hydrogen-bond acceptors (Lipinski definition) is 24. The summed E-state index contributed by atoms with van der Waals surface area (Å²) in [7, 11) is -7.81. The van der Waals surface area contributed by atoms with Crippen LogP contribution in [-0.4, -0.2) is 155 Å². The molecule has 628 valence electrons. The number of nitrogens with one attached hydrogen (secondary N) is 5. The Balaban J connectivity index is 0.000000224. The average Bonchev–Trinajstić information content (AvgIpc) is 1.61. The Morgan fingerprint density at radius 3 is 1.23 bits per heavy atom. The summed E-state index contributed by atoms with van der Waals surface area (Å²) >= 11 is 16.8. The lowest BCUT2D eigenvalue weighted by atomic mass is 9.95. The van der Waals surface area contributed by atoms with Crippen LogP contribution in [0.4, 0.5) is 0 Å². The number of carbonyl (C=O) groups excluding carboxylic acids is 3. The molecule has 8 aromatic rings. The van der Waals surface area contributed by atoms with Crippen molar-refractivity contribution in [2.75, 3.05) is 33.0 Å². The van der Waals surface area contributed by atoms with Crippen LogP contribution < -0.4 is 51.3 Å². The van der Waals surface area contributed by atoms with E-state index < -0.39 is 142 Å². The zero-order valence-electron chi connectivity index (χ0n) is 66.1. The summed E-state index contributed by atoms with van der Waals surface area (Å²) in [6, 6.07) is 37.8. The molecule has 0 aliphatic carbocycles. The van der Waals surface area contributed by atoms with E-state index in [0.29, 0.717) is 23.5 Å². The first-order chi connectivity index (χ1) is 54.2. The molecule has 6 aromatic carbocycles. The molecule has 0 bridgehead atoms. The molecule has 10 rings (SSSR count). The van der Waals surface area contributed by atoms with Crippen molar-refractivity contribution in [2.45, 2.75) is 169 Å². The van der Waals surface area contributed by atoms with Gasteiger partial charge in [-0.25, -0.2) is 28.9 Å². The minimum absolute atomic E-state index is 0.0982. The number of ether oxygens (including phenoxy) is 5. The Bertz CT molecular complexity index is 5300. The van der Waals surface area contributed by atoms with Gasteiger partial charge >= 0.3 is 51.4 Å². The van der Waals surface area contributed by atoms with Gasteiger partial charge in [-0.2, -0.15) is 5.09 Å². The van der Waals surface area contributed by atoms with E-state index in [2.05, 4.69) is 27.1 Å². The number of halogens is 3. The maximum absolute atomic E-state index is 14.2. The van der Waals surface area contributed by atoms with Gasteiger partial charge in [0.25, 0.3) is 11.1 Å². The Hall–Kier alpha value is -8.49. The lowest BCUT2D eigenvalue weighted by Gasteiger charge is -2.27. The van der Waals surface area contributed by atoms with Crippen LogP contribution in [0, 0.1) is 38.8 Å². The van der Waals surface area contributed by atoms with Gasteiger partial charge in [0.1, 0.15) is 59.8 Å². The van der Waals surface area contributed by atoms with E-state index in [1.54, 1.807) is 49.4 Å². The number of aromatic nitrogens is 4. The zero-order chi connectivity index (χ0) is 86.1. The van der Waals surface area contributed by atoms with Crippen molar-refractivity contribution in [3.05, 3.63) is 194 Å². The zero-order valence-corrected chi connectivity index (χ0v) is 71.1. The van der Waals surface area contributed by atoms with Crippen LogP contribution in [0.2, 0.25) is 0 Å². The van der Waals surface area contributed by atoms with Crippen molar-refractivity contribution < 1.29 is 95.4 Å². The van der Waals surface area contributed by atoms with Crippen LogP contribution in [0.25, 0.3) is 32.3 Å². The number of aliphatic hydroxyl groups excluding tert-OH is 3. The van der Waals surface area contributed by atoms with Crippen LogP contribution in [-0.2, 0) is 56.3 Å². The molecular weight excluding hydrogens is 1630 g/mol. The number of rotatable bonds is 25. The van der Waals surface area contributed by atoms with Gasteiger partial charge in [0.2, 0.25) is 11.2 Å². The van der Waals surface area contributed by atoms with Crippen LogP contribution >= 0.6 is 56.6 Å². The molecular formula is C79H97Cl3N7O24P3. The van der Waals surface area contributed by atoms with E-state index in [0.717, 1.165) is 60.6 Å². The molecule has 2 fully saturated rings. The molecule has 2 aliphatic heterocycles. The fraction of sp³-hybridized carbons (Fsp3) is 0.430. The summed E-state index contributed by atoms with van der Waals surface area (Å²) < 4.78 is 91.9. The van der Waals surface area contributed by atoms with Crippen molar-refractivity contribution in [1.82, 2.24) is 34.4 Å². The van der Waals surface area contributed by atoms with E-state index in [9.17, 15) is 67.7 Å². The number of aliphatic hydroxyl groups is 5. The summed E-state index contributed by atoms with van der Waals surface area (Å²) in [5.74, 6) is 3.80. The number of esters is 3. The molecule has 3 unspecified atom stereocenters. The molecule has 116 heavy (non-hydrogen) atoms. The summed E-state index contributed by atoms with van der Waals surface area (Å²) in [5, 5.41) is 68.6. The highest BCUT2D eigenvalue weighted by atomic mass is 35.7. The second-order valence-electron chi connectivity index (χ2n) is 31.0. The fourth-order valence-electron chi connectivity index (χ4n) is 11.0. The van der Waals surface area contributed by atoms with Gasteiger partial charge < -0.3 is 62.8 Å². The predicted octanol–water partition coefficient (Wildman–Crippen LogP) is 10.9. The monoisotopic (exact) mass is 1730 g/mol. The second kappa shape index (κ2) is 40.3. The van der Waals surface area contributed by atoms with Crippen LogP contribution in [0.1, 0.15) is 109 Å². The third kappa shape index (κ3) is 26.0. The Morgan fingerprint density at radius 2 is 0.862 bits per heavy atom. The number of hydrogen-bond donors (Lipinski definition) is 10. The minimum atomic E-state index is -4.47. The molecule has 10 N–H and O–H groups in total. The van der Waals surface area contributed by atoms with E-state index >= 15 is 0 Å². The van der Waals surface area contributed by atoms with Gasteiger partial charge in [-0.1, -0.05) is 185 Å². The van der Waals surface area contributed by atoms with Crippen LogP contribution in [0.15, 0.2) is 171 Å². The molecule has 0 radical (unpaired) electrons. The molecule has 0 saturated carbocycles. The number of benzene rings is 6. The van der Waals surface area contributed by atoms with Gasteiger partial charge in [-0.15, -0.1) is 0 Å². The van der Waals surface area contributed by atoms with Crippen LogP contribution in [0.5, 0.6) is 17.2 Å². The van der Waals surface area contributed by atoms with Crippen molar-refractivity contribution in [1.29, 1.82) is 0 Å². The number of H-pyrrole nitrogens is 2. The molecule has 14 atom stereocenters. The number of nitrogens with zero attached hydrogens (tertiary/aromatic N) is 2. The standard InChI is InChI=1S/C29H33ClN3O10P.C21H30NO4P.C18H23ClNO4P.C11H11ClN2O6/c1-18(25(36)40-17-28(2,3)4)32-44(39,43-21-11-7-9-19-8-5-6-10-20(19)21)41-16-22-24(35)29(38,13-14-30)26(42-22)33-15-12-23(34)31-27(33)37;1-15(2)27(24,22-16(3)20(23)25-14-21(4,5)6)26-19-13-9-11-17-10-7-8-12-18(17)19;1-13(17(21)23-12-18(2,3)4)20-25(19,22)24-16-11-7-9-14-8-5-6-10-15(14)16;12-3-2-11(19)8(17)6(5-15)20-9(11)14-4-1-7(16)13-10(14)18/h5-12,15,18,22,24,26,35,38H,16-17H2,1-4H3,(H,32,39)(H,31,34,37);7-13,15-16H,14H2,1-6H3,(H,22,24);5-11,13H,12H2,1-4H3,(H,20,22);1,4,6,8-9,15,17,19H,5H2,(H,13,16,18)/t18-,22+,24+,26+,29+,44?;16-,27?;13-,25?;6-,8-,9-,11-/m0001/s1. The fourth-order valence-corrected chi connectivity index (χ4v) is 16.1. The summed E-state index contributed by atoms with van der Waals surface area (Å²) in [6.45, 7) is 21.3. The van der Waals surface area contributed by atoms with Gasteiger partial charge in [-0.3, -0.25) is 52.2 Å². The maximum atomic E-state index is 14.2. The Labute approximate surface area is 684 Å². The lowest BCUT2D eigenvalue weighted by molar-refractivity contribution is -0.148. The summed E-state index contributed by atoms with van der Waals surface area (Å²) in [5.41, 5.74) is -8.71. The first-order valence-corrected chi connectivity index (χ1v) is 42.8. The molecule has 2 aliphatic rings. The normalized spacial score (nSPS) is 21.5. The molecule has 37 heteroatoms. The lowest BCUT2D eigenvalue weighted by Crippen LogP contribution is -2.48. The predicted molar refractivity (Wildman–Crippen MR) is 439 cm³/mol. The summed E-state index contributed by atoms with van der Waals surface area (Å²) in [4.78, 5) is 87.8. The molecule has 2 saturated heterocycles. The molecule has 2 aromatic heterocycles. The molecule has 31 nitrogen and oxygen atoms in total. The highest BCUT2D eigenvalue weighted by Gasteiger charge is 2.58. The topological polar surface area (TPSA) is 432 Å². The Kier molecular flexibility index (Phi) is 32.9. The highest BCUT2D eigenvalue weighted by Crippen LogP contribution is 2.52. The number of carbonyl (C=O) groups is 3. The third-order valence-corrected chi connectivity index (χ3v) is 23.0. The molecule has 4 heterocycles. The van der Waals surface area contributed by atoms with Gasteiger partial charge in [-0.05, 0) is 106 Å². The molecule has 0 amide bonds. The van der Waals surface area contributed by atoms with Gasteiger partial charge in [0, 0.05) is 62.7 Å². The second-order valence-corrected chi connectivity index (χ2v) is 38.5. The maximum Gasteiger partial charge on any atom is 0.459 e. The van der Waals surface area contributed by atoms with E-state index in [1.807, 2.05) is 182 Å². The van der Waals surface area contributed by atoms with E-state index in [1.165, 1.54) is 13.8 Å². The quantitative estimate of drug-likeness (QED) is 0.0110. The van der Waals surface area contributed by atoms with Crippen molar-refractivity contribution in [3.63, 3.8) is 0 Å². The van der Waals surface area contributed by atoms with Gasteiger partial charge in [0.05, 0.1) is 38.7 Å². The number of aromatic amines is 2. The number of fused-ring (bicyclic) bond motifs is 3.